The number of hydrogen-bond acceptors (Lipinski definition) is 3. The third kappa shape index (κ3) is 2.64. The summed E-state index contributed by atoms with van der Waals surface area (Å²) in [5.74, 6) is -0.559. The molecule has 2 aliphatic rings. The molecule has 0 fully saturated rings. The normalized spacial score (nSPS) is 19.9. The third-order valence-electron chi connectivity index (χ3n) is 4.89. The molecule has 4 heteroatoms. The molecule has 2 aliphatic heterocycles. The van der Waals surface area contributed by atoms with Crippen molar-refractivity contribution >= 4 is 17.6 Å². The van der Waals surface area contributed by atoms with Crippen molar-refractivity contribution in [2.75, 3.05) is 11.5 Å². The molecule has 1 amide bonds. The van der Waals surface area contributed by atoms with Crippen LogP contribution in [0.25, 0.3) is 0 Å². The fourth-order valence-electron chi connectivity index (χ4n) is 3.53. The fourth-order valence-corrected chi connectivity index (χ4v) is 3.53. The minimum atomic E-state index is -0.315. The second-order valence-corrected chi connectivity index (χ2v) is 6.67. The number of esters is 1. The molecule has 1 atom stereocenters. The quantitative estimate of drug-likeness (QED) is 0.788. The Bertz CT molecular complexity index is 878. The fraction of sp³-hybridized carbons (Fsp3) is 0.238. The Balaban J connectivity index is 1.81. The molecular weight excluding hydrogens is 314 g/mol. The molecule has 1 unspecified atom stereocenters. The Morgan fingerprint density at radius 2 is 1.52 bits per heavy atom. The SMILES string of the molecule is Cc1ccc(C2CC(=O)N(c3ccc(C)cc3)C3=C2C(=O)OC3)cc1. The second kappa shape index (κ2) is 5.88. The van der Waals surface area contributed by atoms with Gasteiger partial charge in [0.05, 0.1) is 11.3 Å². The van der Waals surface area contributed by atoms with E-state index in [9.17, 15) is 9.59 Å². The van der Waals surface area contributed by atoms with Gasteiger partial charge in [0, 0.05) is 18.0 Å². The molecule has 0 saturated carbocycles. The van der Waals surface area contributed by atoms with Crippen LogP contribution >= 0.6 is 0 Å². The van der Waals surface area contributed by atoms with Crippen LogP contribution in [0.2, 0.25) is 0 Å². The third-order valence-corrected chi connectivity index (χ3v) is 4.89. The van der Waals surface area contributed by atoms with Gasteiger partial charge in [-0.2, -0.15) is 0 Å². The lowest BCUT2D eigenvalue weighted by Crippen LogP contribution is -2.37. The number of cyclic esters (lactones) is 1. The highest BCUT2D eigenvalue weighted by Crippen LogP contribution is 2.41. The Morgan fingerprint density at radius 1 is 0.920 bits per heavy atom. The summed E-state index contributed by atoms with van der Waals surface area (Å²) >= 11 is 0. The Labute approximate surface area is 146 Å². The van der Waals surface area contributed by atoms with Crippen LogP contribution in [0.1, 0.15) is 29.0 Å². The van der Waals surface area contributed by atoms with Crippen LogP contribution in [0.5, 0.6) is 0 Å². The highest BCUT2D eigenvalue weighted by molar-refractivity contribution is 6.06. The second-order valence-electron chi connectivity index (χ2n) is 6.67. The van der Waals surface area contributed by atoms with E-state index in [1.165, 1.54) is 0 Å². The van der Waals surface area contributed by atoms with E-state index in [0.717, 1.165) is 22.4 Å². The molecule has 0 N–H and O–H groups in total. The molecule has 0 saturated heterocycles. The van der Waals surface area contributed by atoms with Gasteiger partial charge in [-0.05, 0) is 31.5 Å². The van der Waals surface area contributed by atoms with E-state index in [0.29, 0.717) is 11.3 Å². The summed E-state index contributed by atoms with van der Waals surface area (Å²) < 4.78 is 5.29. The molecule has 126 valence electrons. The maximum atomic E-state index is 12.9. The molecule has 0 radical (unpaired) electrons. The predicted octanol–water partition coefficient (Wildman–Crippen LogP) is 3.63. The number of carbonyl (C=O) groups is 2. The zero-order valence-corrected chi connectivity index (χ0v) is 14.3. The highest BCUT2D eigenvalue weighted by atomic mass is 16.5. The first kappa shape index (κ1) is 15.6. The number of hydrogen-bond donors (Lipinski definition) is 0. The molecule has 0 aliphatic carbocycles. The first-order chi connectivity index (χ1) is 12.0. The van der Waals surface area contributed by atoms with Gasteiger partial charge < -0.3 is 4.74 Å². The van der Waals surface area contributed by atoms with E-state index in [2.05, 4.69) is 0 Å². The average molecular weight is 333 g/mol. The van der Waals surface area contributed by atoms with Gasteiger partial charge in [0.2, 0.25) is 5.91 Å². The van der Waals surface area contributed by atoms with Gasteiger partial charge in [-0.25, -0.2) is 4.79 Å². The summed E-state index contributed by atoms with van der Waals surface area (Å²) in [5, 5.41) is 0. The number of benzene rings is 2. The van der Waals surface area contributed by atoms with Crippen LogP contribution < -0.4 is 4.90 Å². The van der Waals surface area contributed by atoms with Crippen molar-refractivity contribution < 1.29 is 14.3 Å². The first-order valence-electron chi connectivity index (χ1n) is 8.41. The number of nitrogens with zero attached hydrogens (tertiary/aromatic N) is 1. The van der Waals surface area contributed by atoms with Crippen LogP contribution in [-0.2, 0) is 14.3 Å². The van der Waals surface area contributed by atoms with E-state index in [-0.39, 0.29) is 30.8 Å². The van der Waals surface area contributed by atoms with Crippen molar-refractivity contribution in [3.8, 4) is 0 Å². The van der Waals surface area contributed by atoms with E-state index >= 15 is 0 Å². The maximum Gasteiger partial charge on any atom is 0.336 e. The minimum absolute atomic E-state index is 0.00789. The lowest BCUT2D eigenvalue weighted by molar-refractivity contribution is -0.136. The van der Waals surface area contributed by atoms with Crippen molar-refractivity contribution in [1.29, 1.82) is 0 Å². The lowest BCUT2D eigenvalue weighted by atomic mass is 9.84. The Morgan fingerprint density at radius 3 is 2.16 bits per heavy atom. The highest BCUT2D eigenvalue weighted by Gasteiger charge is 2.42. The molecule has 4 rings (SSSR count). The topological polar surface area (TPSA) is 46.6 Å². The van der Waals surface area contributed by atoms with E-state index in [4.69, 9.17) is 4.74 Å². The summed E-state index contributed by atoms with van der Waals surface area (Å²) in [5.41, 5.74) is 5.33. The van der Waals surface area contributed by atoms with Crippen molar-refractivity contribution in [3.05, 3.63) is 76.5 Å². The zero-order chi connectivity index (χ0) is 17.6. The Kier molecular flexibility index (Phi) is 3.68. The van der Waals surface area contributed by atoms with Crippen molar-refractivity contribution in [1.82, 2.24) is 0 Å². The number of carbonyl (C=O) groups excluding carboxylic acids is 2. The number of rotatable bonds is 2. The molecule has 0 spiro atoms. The molecule has 2 aromatic carbocycles. The van der Waals surface area contributed by atoms with E-state index in [1.54, 1.807) is 4.90 Å². The summed E-state index contributed by atoms with van der Waals surface area (Å²) in [6.45, 7) is 4.17. The van der Waals surface area contributed by atoms with Gasteiger partial charge in [-0.3, -0.25) is 9.69 Å². The van der Waals surface area contributed by atoms with E-state index in [1.807, 2.05) is 62.4 Å². The number of anilines is 1. The average Bonchev–Trinajstić information content (AvgIpc) is 2.98. The van der Waals surface area contributed by atoms with Crippen molar-refractivity contribution in [3.63, 3.8) is 0 Å². The zero-order valence-electron chi connectivity index (χ0n) is 14.3. The van der Waals surface area contributed by atoms with Gasteiger partial charge in [0.25, 0.3) is 0 Å². The van der Waals surface area contributed by atoms with Crippen molar-refractivity contribution in [2.45, 2.75) is 26.2 Å². The van der Waals surface area contributed by atoms with Crippen LogP contribution in [0.4, 0.5) is 5.69 Å². The molecule has 25 heavy (non-hydrogen) atoms. The van der Waals surface area contributed by atoms with Gasteiger partial charge in [0.1, 0.15) is 6.61 Å². The number of aryl methyl sites for hydroxylation is 2. The van der Waals surface area contributed by atoms with Crippen LogP contribution in [-0.4, -0.2) is 18.5 Å². The lowest BCUT2D eigenvalue weighted by Gasteiger charge is -2.32. The summed E-state index contributed by atoms with van der Waals surface area (Å²) in [6.07, 6.45) is 0.269. The standard InChI is InChI=1S/C21H19NO3/c1-13-3-7-15(8-4-13)17-11-19(23)22(16-9-5-14(2)6-10-16)18-12-25-21(24)20(17)18/h3-10,17H,11-12H2,1-2H3. The maximum absolute atomic E-state index is 12.9. The van der Waals surface area contributed by atoms with Gasteiger partial charge >= 0.3 is 5.97 Å². The van der Waals surface area contributed by atoms with Crippen LogP contribution in [0.15, 0.2) is 59.8 Å². The predicted molar refractivity (Wildman–Crippen MR) is 95.2 cm³/mol. The van der Waals surface area contributed by atoms with Gasteiger partial charge in [-0.15, -0.1) is 0 Å². The number of ether oxygens (including phenoxy) is 1. The van der Waals surface area contributed by atoms with Crippen LogP contribution in [0.3, 0.4) is 0 Å². The summed E-state index contributed by atoms with van der Waals surface area (Å²) in [7, 11) is 0. The molecular formula is C21H19NO3. The molecule has 2 heterocycles. The molecule has 4 nitrogen and oxygen atoms in total. The van der Waals surface area contributed by atoms with Crippen molar-refractivity contribution in [2.24, 2.45) is 0 Å². The minimum Gasteiger partial charge on any atom is -0.456 e. The largest absolute Gasteiger partial charge is 0.456 e. The summed E-state index contributed by atoms with van der Waals surface area (Å²) in [6, 6.07) is 15.7. The first-order valence-corrected chi connectivity index (χ1v) is 8.41. The van der Waals surface area contributed by atoms with Gasteiger partial charge in [0.15, 0.2) is 0 Å². The molecule has 2 aromatic rings. The monoisotopic (exact) mass is 333 g/mol. The van der Waals surface area contributed by atoms with Gasteiger partial charge in [-0.1, -0.05) is 47.5 Å². The smallest absolute Gasteiger partial charge is 0.336 e. The molecule has 0 bridgehead atoms. The van der Waals surface area contributed by atoms with Crippen LogP contribution in [0, 0.1) is 13.8 Å². The molecule has 0 aromatic heterocycles. The number of amides is 1. The Hall–Kier alpha value is -2.88. The summed E-state index contributed by atoms with van der Waals surface area (Å²) in [4.78, 5) is 26.9. The van der Waals surface area contributed by atoms with E-state index < -0.39 is 0 Å².